The third-order valence-electron chi connectivity index (χ3n) is 5.42. The molecule has 2 radical (unpaired) electrons. The van der Waals surface area contributed by atoms with Crippen molar-refractivity contribution in [2.24, 2.45) is 0 Å². The summed E-state index contributed by atoms with van der Waals surface area (Å²) in [6, 6.07) is 1.74. The summed E-state index contributed by atoms with van der Waals surface area (Å²) < 4.78 is 53.0. The molecule has 0 aromatic carbocycles. The lowest BCUT2D eigenvalue weighted by atomic mass is 10.2. The number of nitrogens with one attached hydrogen (secondary N) is 2. The molecule has 35 heavy (non-hydrogen) atoms. The number of rotatable bonds is 7. The van der Waals surface area contributed by atoms with Crippen LogP contribution in [0.15, 0.2) is 23.3 Å². The normalized spacial score (nSPS) is 16.1. The molecule has 2 N–H and O–H groups in total. The number of anilines is 2. The van der Waals surface area contributed by atoms with Gasteiger partial charge in [-0.1, -0.05) is 18.1 Å². The molecule has 188 valence electrons. The topological polar surface area (TPSA) is 113 Å². The van der Waals surface area contributed by atoms with Gasteiger partial charge in [-0.15, -0.1) is 0 Å². The lowest BCUT2D eigenvalue weighted by Gasteiger charge is -2.43. The highest BCUT2D eigenvalue weighted by atomic mass is 35.5. The molecule has 0 atom stereocenters. The number of aromatic nitrogens is 3. The number of pyridine rings is 1. The molecule has 1 saturated heterocycles. The average molecular weight is 547 g/mol. The fourth-order valence-electron chi connectivity index (χ4n) is 3.82. The van der Waals surface area contributed by atoms with Crippen molar-refractivity contribution in [1.29, 1.82) is 0 Å². The zero-order valence-electron chi connectivity index (χ0n) is 18.6. The molecule has 1 fully saturated rings. The van der Waals surface area contributed by atoms with Gasteiger partial charge in [-0.05, 0) is 0 Å². The number of ether oxygens (including phenoxy) is 2. The van der Waals surface area contributed by atoms with E-state index in [-0.39, 0.29) is 30.9 Å². The van der Waals surface area contributed by atoms with Gasteiger partial charge in [-0.3, -0.25) is 9.59 Å². The highest BCUT2D eigenvalue weighted by Crippen LogP contribution is 2.34. The van der Waals surface area contributed by atoms with Gasteiger partial charge in [0.05, 0.1) is 36.2 Å². The van der Waals surface area contributed by atoms with Gasteiger partial charge in [0.2, 0.25) is 14.9 Å². The van der Waals surface area contributed by atoms with E-state index in [1.165, 1.54) is 0 Å². The molecule has 4 rings (SSSR count). The van der Waals surface area contributed by atoms with E-state index in [0.717, 1.165) is 12.0 Å². The molecular weight excluding hydrogens is 525 g/mol. The SMILES string of the molecule is C[Si](COCCC(=O)N1CCN2c3ncc(Cl)cc3OC[Si]2C1)Nc1cn[nH]c(=O)c1C(F)(F)F. The highest BCUT2D eigenvalue weighted by Gasteiger charge is 2.38. The molecule has 0 saturated carbocycles. The molecule has 0 aliphatic carbocycles. The smallest absolute Gasteiger partial charge is 0.423 e. The Labute approximate surface area is 206 Å². The largest absolute Gasteiger partial charge is 0.491 e. The van der Waals surface area contributed by atoms with Crippen molar-refractivity contribution in [2.75, 3.05) is 47.9 Å². The number of amides is 1. The number of hydrogen-bond donors (Lipinski definition) is 2. The fraction of sp³-hybridized carbons (Fsp3) is 0.474. The monoisotopic (exact) mass is 546 g/mol. The molecule has 2 aromatic rings. The van der Waals surface area contributed by atoms with Crippen molar-refractivity contribution in [2.45, 2.75) is 19.1 Å². The molecule has 10 nitrogen and oxygen atoms in total. The van der Waals surface area contributed by atoms with Gasteiger partial charge >= 0.3 is 6.18 Å². The van der Waals surface area contributed by atoms with E-state index < -0.39 is 35.2 Å². The van der Waals surface area contributed by atoms with Crippen LogP contribution in [-0.4, -0.2) is 82.2 Å². The predicted octanol–water partition coefficient (Wildman–Crippen LogP) is 1.63. The number of nitrogens with zero attached hydrogens (tertiary/aromatic N) is 4. The second kappa shape index (κ2) is 10.6. The Morgan fingerprint density at radius 1 is 1.40 bits per heavy atom. The van der Waals surface area contributed by atoms with Crippen LogP contribution in [0.3, 0.4) is 0 Å². The van der Waals surface area contributed by atoms with Crippen molar-refractivity contribution in [3.63, 3.8) is 0 Å². The number of hydrogen-bond acceptors (Lipinski definition) is 8. The van der Waals surface area contributed by atoms with Crippen LogP contribution in [0.5, 0.6) is 5.75 Å². The minimum absolute atomic E-state index is 0.0482. The van der Waals surface area contributed by atoms with Crippen LogP contribution in [0.25, 0.3) is 0 Å². The second-order valence-corrected chi connectivity index (χ2v) is 12.8. The summed E-state index contributed by atoms with van der Waals surface area (Å²) in [5.41, 5.74) is -3.01. The first-order valence-corrected chi connectivity index (χ1v) is 15.1. The number of fused-ring (bicyclic) bond motifs is 3. The maximum atomic E-state index is 13.2. The summed E-state index contributed by atoms with van der Waals surface area (Å²) in [6.07, 6.45) is -0.882. The summed E-state index contributed by atoms with van der Waals surface area (Å²) in [4.78, 5) is 33.1. The highest BCUT2D eigenvalue weighted by molar-refractivity contribution is 6.64. The molecule has 2 aromatic heterocycles. The maximum Gasteiger partial charge on any atom is 0.423 e. The van der Waals surface area contributed by atoms with Gasteiger partial charge < -0.3 is 23.9 Å². The van der Waals surface area contributed by atoms with Crippen LogP contribution >= 0.6 is 11.6 Å². The quantitative estimate of drug-likeness (QED) is 0.398. The van der Waals surface area contributed by atoms with Crippen LogP contribution in [-0.2, 0) is 15.7 Å². The molecule has 2 aliphatic heterocycles. The molecule has 2 aliphatic rings. The standard InChI is InChI=1S/C19H22ClF3N6O4Si2/c1-34(27-13-8-25-26-18(31)16(13)19(21,22)23)10-32-5-2-15(30)28-3-4-29-17-14(6-12(20)7-24-17)33-11-35(29)9-28/h6-8H,2-5,9-11H2,1H3,(H2,26,27,31). The number of H-pyrrole nitrogens is 1. The summed E-state index contributed by atoms with van der Waals surface area (Å²) in [5.74, 6) is 1.37. The Bertz CT molecular complexity index is 1140. The molecule has 16 heteroatoms. The van der Waals surface area contributed by atoms with Gasteiger partial charge in [0, 0.05) is 31.5 Å². The molecule has 0 bridgehead atoms. The minimum Gasteiger partial charge on any atom is -0.491 e. The van der Waals surface area contributed by atoms with Crippen molar-refractivity contribution in [1.82, 2.24) is 20.1 Å². The summed E-state index contributed by atoms with van der Waals surface area (Å²) in [7, 11) is -2.80. The van der Waals surface area contributed by atoms with Crippen LogP contribution in [0, 0.1) is 0 Å². The van der Waals surface area contributed by atoms with E-state index in [0.29, 0.717) is 36.3 Å². The summed E-state index contributed by atoms with van der Waals surface area (Å²) >= 11 is 5.99. The number of halogens is 4. The lowest BCUT2D eigenvalue weighted by molar-refractivity contribution is -0.138. The first-order chi connectivity index (χ1) is 16.6. The van der Waals surface area contributed by atoms with Crippen molar-refractivity contribution < 1.29 is 27.4 Å². The second-order valence-electron chi connectivity index (χ2n) is 7.99. The number of carbonyl (C=O) groups is 1. The first-order valence-electron chi connectivity index (χ1n) is 10.6. The van der Waals surface area contributed by atoms with Gasteiger partial charge in [0.25, 0.3) is 5.56 Å². The van der Waals surface area contributed by atoms with Crippen molar-refractivity contribution in [3.8, 4) is 5.75 Å². The molecule has 4 heterocycles. The van der Waals surface area contributed by atoms with E-state index in [1.807, 2.05) is 0 Å². The fourth-order valence-corrected chi connectivity index (χ4v) is 7.54. The minimum atomic E-state index is -4.81. The third kappa shape index (κ3) is 5.96. The number of alkyl halides is 3. The molecule has 0 spiro atoms. The summed E-state index contributed by atoms with van der Waals surface area (Å²) in [6.45, 7) is 3.06. The van der Waals surface area contributed by atoms with Gasteiger partial charge in [0.1, 0.15) is 11.8 Å². The van der Waals surface area contributed by atoms with E-state index >= 15 is 0 Å². The Balaban J connectivity index is 1.23. The first kappa shape index (κ1) is 25.5. The number of aromatic amines is 1. The van der Waals surface area contributed by atoms with Crippen molar-refractivity contribution >= 4 is 46.9 Å². The maximum absolute atomic E-state index is 13.2. The van der Waals surface area contributed by atoms with Gasteiger partial charge in [-0.2, -0.15) is 18.3 Å². The van der Waals surface area contributed by atoms with E-state index in [9.17, 15) is 22.8 Å². The molecular formula is C19H22ClF3N6O4Si2. The van der Waals surface area contributed by atoms with E-state index in [1.54, 1.807) is 28.8 Å². The lowest BCUT2D eigenvalue weighted by Crippen LogP contribution is -2.62. The van der Waals surface area contributed by atoms with Crippen LogP contribution < -0.4 is 19.8 Å². The third-order valence-corrected chi connectivity index (χ3v) is 9.38. The van der Waals surface area contributed by atoms with Gasteiger partial charge in [0.15, 0.2) is 20.5 Å². The Kier molecular flexibility index (Phi) is 7.68. The Morgan fingerprint density at radius 3 is 2.97 bits per heavy atom. The summed E-state index contributed by atoms with van der Waals surface area (Å²) in [5, 5.41) is 5.74. The van der Waals surface area contributed by atoms with E-state index in [2.05, 4.69) is 19.6 Å². The zero-order valence-corrected chi connectivity index (χ0v) is 21.4. The Morgan fingerprint density at radius 2 is 2.20 bits per heavy atom. The predicted molar refractivity (Wildman–Crippen MR) is 125 cm³/mol. The molecule has 1 amide bonds. The van der Waals surface area contributed by atoms with Crippen molar-refractivity contribution in [3.05, 3.63) is 39.4 Å². The van der Waals surface area contributed by atoms with Crippen LogP contribution in [0.2, 0.25) is 11.6 Å². The molecule has 0 unspecified atom stereocenters. The average Bonchev–Trinajstić information content (AvgIpc) is 2.80. The van der Waals surface area contributed by atoms with Crippen LogP contribution in [0.4, 0.5) is 24.7 Å². The number of carbonyl (C=O) groups excluding carboxylic acids is 1. The van der Waals surface area contributed by atoms with Crippen LogP contribution in [0.1, 0.15) is 12.0 Å². The van der Waals surface area contributed by atoms with Gasteiger partial charge in [-0.25, -0.2) is 10.1 Å². The Hall–Kier alpha value is -2.63. The van der Waals surface area contributed by atoms with E-state index in [4.69, 9.17) is 21.1 Å². The zero-order chi connectivity index (χ0) is 25.2.